The van der Waals surface area contributed by atoms with Gasteiger partial charge in [-0.15, -0.1) is 0 Å². The van der Waals surface area contributed by atoms with E-state index in [1.807, 2.05) is 61.6 Å². The van der Waals surface area contributed by atoms with Gasteiger partial charge in [-0.2, -0.15) is 5.10 Å². The van der Waals surface area contributed by atoms with Crippen LogP contribution in [0.3, 0.4) is 0 Å². The van der Waals surface area contributed by atoms with E-state index in [9.17, 15) is 13.2 Å². The molecule has 0 aliphatic carbocycles. The minimum absolute atomic E-state index is 0.0660. The molecule has 4 rings (SSSR count). The van der Waals surface area contributed by atoms with Crippen molar-refractivity contribution >= 4 is 50.8 Å². The molecule has 7 nitrogen and oxygen atoms in total. The zero-order chi connectivity index (χ0) is 27.1. The third kappa shape index (κ3) is 6.40. The fourth-order valence-electron chi connectivity index (χ4n) is 3.80. The summed E-state index contributed by atoms with van der Waals surface area (Å²) in [6.07, 6.45) is 1.50. The second kappa shape index (κ2) is 11.9. The van der Waals surface area contributed by atoms with Crippen molar-refractivity contribution in [3.63, 3.8) is 0 Å². The summed E-state index contributed by atoms with van der Waals surface area (Å²) in [4.78, 5) is 14.9. The molecule has 0 heterocycles. The number of anilines is 3. The van der Waals surface area contributed by atoms with Crippen LogP contribution in [0.25, 0.3) is 0 Å². The summed E-state index contributed by atoms with van der Waals surface area (Å²) >= 11 is 6.16. The van der Waals surface area contributed by atoms with E-state index in [4.69, 9.17) is 11.6 Å². The summed E-state index contributed by atoms with van der Waals surface area (Å²) in [7, 11) is -2.06. The first kappa shape index (κ1) is 26.9. The molecule has 0 saturated carbocycles. The van der Waals surface area contributed by atoms with Crippen molar-refractivity contribution in [1.82, 2.24) is 5.43 Å². The number of nitrogens with one attached hydrogen (secondary N) is 1. The van der Waals surface area contributed by atoms with Crippen molar-refractivity contribution in [2.24, 2.45) is 5.10 Å². The van der Waals surface area contributed by atoms with Gasteiger partial charge < -0.3 is 4.90 Å². The van der Waals surface area contributed by atoms with Crippen LogP contribution in [-0.4, -0.2) is 34.1 Å². The summed E-state index contributed by atoms with van der Waals surface area (Å²) in [5.74, 6) is -0.597. The van der Waals surface area contributed by atoms with E-state index in [1.165, 1.54) is 24.4 Å². The summed E-state index contributed by atoms with van der Waals surface area (Å²) in [5.41, 5.74) is 6.24. The van der Waals surface area contributed by atoms with E-state index >= 15 is 0 Å². The monoisotopic (exact) mass is 546 g/mol. The Morgan fingerprint density at radius 3 is 2.16 bits per heavy atom. The Bertz CT molecular complexity index is 1530. The minimum atomic E-state index is -4.04. The molecule has 0 aromatic heterocycles. The second-order valence-electron chi connectivity index (χ2n) is 8.53. The zero-order valence-electron chi connectivity index (χ0n) is 21.0. The van der Waals surface area contributed by atoms with Gasteiger partial charge in [0.15, 0.2) is 0 Å². The molecule has 4 aromatic rings. The summed E-state index contributed by atoms with van der Waals surface area (Å²) < 4.78 is 28.0. The molecule has 0 atom stereocenters. The van der Waals surface area contributed by atoms with E-state index in [0.717, 1.165) is 21.2 Å². The Morgan fingerprint density at radius 1 is 0.895 bits per heavy atom. The molecule has 0 aliphatic heterocycles. The highest BCUT2D eigenvalue weighted by Gasteiger charge is 2.28. The fraction of sp³-hybridized carbons (Fsp3) is 0.103. The molecule has 9 heteroatoms. The maximum absolute atomic E-state index is 13.5. The fourth-order valence-corrected chi connectivity index (χ4v) is 5.46. The third-order valence-corrected chi connectivity index (χ3v) is 7.89. The van der Waals surface area contributed by atoms with Crippen LogP contribution in [-0.2, 0) is 14.8 Å². The Balaban J connectivity index is 1.48. The standard InChI is InChI=1S/C29H27ClN4O3S/c1-22-13-16-24(30)19-28(22)34(38(36,37)27-11-7-4-8-12-27)21-29(35)32-31-20-23-14-17-26(18-15-23)33(2)25-9-5-3-6-10-25/h3-20H,21H2,1-2H3,(H,32,35)/b31-20+. The number of sulfonamides is 1. The van der Waals surface area contributed by atoms with Crippen molar-refractivity contribution in [1.29, 1.82) is 0 Å². The lowest BCUT2D eigenvalue weighted by Crippen LogP contribution is -2.40. The van der Waals surface area contributed by atoms with Crippen molar-refractivity contribution in [2.45, 2.75) is 11.8 Å². The summed E-state index contributed by atoms with van der Waals surface area (Å²) in [6, 6.07) is 30.5. The molecule has 194 valence electrons. The number of hydrazone groups is 1. The summed E-state index contributed by atoms with van der Waals surface area (Å²) in [6.45, 7) is 1.28. The highest BCUT2D eigenvalue weighted by atomic mass is 35.5. The number of carbonyl (C=O) groups is 1. The number of hydrogen-bond acceptors (Lipinski definition) is 5. The van der Waals surface area contributed by atoms with E-state index in [0.29, 0.717) is 16.3 Å². The SMILES string of the molecule is Cc1ccc(Cl)cc1N(CC(=O)N/N=C/c1ccc(N(C)c2ccccc2)cc1)S(=O)(=O)c1ccccc1. The van der Waals surface area contributed by atoms with Gasteiger partial charge in [-0.25, -0.2) is 13.8 Å². The largest absolute Gasteiger partial charge is 0.345 e. The molecule has 0 fully saturated rings. The van der Waals surface area contributed by atoms with Gasteiger partial charge in [-0.05, 0) is 66.6 Å². The topological polar surface area (TPSA) is 82.1 Å². The van der Waals surface area contributed by atoms with Crippen LogP contribution < -0.4 is 14.6 Å². The minimum Gasteiger partial charge on any atom is -0.345 e. The maximum atomic E-state index is 13.5. The van der Waals surface area contributed by atoms with E-state index in [2.05, 4.69) is 15.4 Å². The molecule has 1 amide bonds. The van der Waals surface area contributed by atoms with Gasteiger partial charge in [-0.1, -0.05) is 66.2 Å². The van der Waals surface area contributed by atoms with Gasteiger partial charge in [0.05, 0.1) is 16.8 Å². The molecule has 4 aromatic carbocycles. The van der Waals surface area contributed by atoms with Crippen LogP contribution in [0.2, 0.25) is 5.02 Å². The normalized spacial score (nSPS) is 11.3. The average molecular weight is 547 g/mol. The number of hydrogen-bond donors (Lipinski definition) is 1. The number of rotatable bonds is 9. The molecule has 1 N–H and O–H groups in total. The second-order valence-corrected chi connectivity index (χ2v) is 10.8. The number of benzene rings is 4. The first-order chi connectivity index (χ1) is 18.3. The van der Waals surface area contributed by atoms with Crippen molar-refractivity contribution in [2.75, 3.05) is 22.8 Å². The Labute approximate surface area is 228 Å². The highest BCUT2D eigenvalue weighted by molar-refractivity contribution is 7.92. The lowest BCUT2D eigenvalue weighted by Gasteiger charge is -2.25. The molecule has 0 radical (unpaired) electrons. The van der Waals surface area contributed by atoms with Gasteiger partial charge in [0.2, 0.25) is 0 Å². The molecule has 0 spiro atoms. The van der Waals surface area contributed by atoms with Gasteiger partial charge in [-0.3, -0.25) is 9.10 Å². The number of carbonyl (C=O) groups excluding carboxylic acids is 1. The van der Waals surface area contributed by atoms with Crippen LogP contribution in [0.4, 0.5) is 17.1 Å². The van der Waals surface area contributed by atoms with Crippen LogP contribution in [0, 0.1) is 6.92 Å². The molecule has 38 heavy (non-hydrogen) atoms. The predicted octanol–water partition coefficient (Wildman–Crippen LogP) is 5.76. The van der Waals surface area contributed by atoms with Crippen LogP contribution in [0.15, 0.2) is 113 Å². The molecule has 0 unspecified atom stereocenters. The van der Waals surface area contributed by atoms with Crippen LogP contribution >= 0.6 is 11.6 Å². The molecule has 0 aliphatic rings. The van der Waals surface area contributed by atoms with Gasteiger partial charge >= 0.3 is 0 Å². The van der Waals surface area contributed by atoms with Crippen LogP contribution in [0.5, 0.6) is 0 Å². The quantitative estimate of drug-likeness (QED) is 0.214. The molecular formula is C29H27ClN4O3S. The van der Waals surface area contributed by atoms with Gasteiger partial charge in [0, 0.05) is 23.4 Å². The summed E-state index contributed by atoms with van der Waals surface area (Å²) in [5, 5.41) is 4.39. The van der Waals surface area contributed by atoms with E-state index in [-0.39, 0.29) is 4.90 Å². The van der Waals surface area contributed by atoms with E-state index in [1.54, 1.807) is 37.3 Å². The lowest BCUT2D eigenvalue weighted by molar-refractivity contribution is -0.119. The van der Waals surface area contributed by atoms with Crippen molar-refractivity contribution in [3.05, 3.63) is 119 Å². The lowest BCUT2D eigenvalue weighted by atomic mass is 10.2. The first-order valence-corrected chi connectivity index (χ1v) is 13.6. The predicted molar refractivity (Wildman–Crippen MR) is 154 cm³/mol. The Kier molecular flexibility index (Phi) is 8.45. The zero-order valence-corrected chi connectivity index (χ0v) is 22.5. The number of nitrogens with zero attached hydrogens (tertiary/aromatic N) is 3. The van der Waals surface area contributed by atoms with Gasteiger partial charge in [0.25, 0.3) is 15.9 Å². The molecular weight excluding hydrogens is 520 g/mol. The number of para-hydroxylation sites is 1. The first-order valence-electron chi connectivity index (χ1n) is 11.8. The van der Waals surface area contributed by atoms with Crippen LogP contribution in [0.1, 0.15) is 11.1 Å². The highest BCUT2D eigenvalue weighted by Crippen LogP contribution is 2.29. The Morgan fingerprint density at radius 2 is 1.50 bits per heavy atom. The van der Waals surface area contributed by atoms with E-state index < -0.39 is 22.5 Å². The van der Waals surface area contributed by atoms with Gasteiger partial charge in [0.1, 0.15) is 6.54 Å². The number of amides is 1. The molecule has 0 saturated heterocycles. The number of halogens is 1. The van der Waals surface area contributed by atoms with Crippen molar-refractivity contribution in [3.8, 4) is 0 Å². The molecule has 0 bridgehead atoms. The third-order valence-electron chi connectivity index (χ3n) is 5.89. The smallest absolute Gasteiger partial charge is 0.264 e. The Hall–Kier alpha value is -4.14. The number of aryl methyl sites for hydroxylation is 1. The van der Waals surface area contributed by atoms with Crippen molar-refractivity contribution < 1.29 is 13.2 Å². The average Bonchev–Trinajstić information content (AvgIpc) is 2.94. The maximum Gasteiger partial charge on any atom is 0.264 e.